The Morgan fingerprint density at radius 2 is 1.91 bits per heavy atom. The Labute approximate surface area is 131 Å². The molecule has 116 valence electrons. The molecular weight excluding hydrogens is 298 g/mol. The fourth-order valence-corrected chi connectivity index (χ4v) is 4.73. The number of sulfonamides is 1. The lowest BCUT2D eigenvalue weighted by Gasteiger charge is -2.21. The summed E-state index contributed by atoms with van der Waals surface area (Å²) in [5.41, 5.74) is 2.72. The van der Waals surface area contributed by atoms with Gasteiger partial charge in [0.1, 0.15) is 10.6 Å². The average molecular weight is 317 g/mol. The van der Waals surface area contributed by atoms with E-state index in [4.69, 9.17) is 4.74 Å². The zero-order valence-electron chi connectivity index (χ0n) is 12.9. The van der Waals surface area contributed by atoms with Crippen LogP contribution in [0.25, 0.3) is 0 Å². The highest BCUT2D eigenvalue weighted by Crippen LogP contribution is 2.40. The molecule has 3 rings (SSSR count). The lowest BCUT2D eigenvalue weighted by molar-refractivity contribution is 0.402. The van der Waals surface area contributed by atoms with Crippen LogP contribution in [0, 0.1) is 6.92 Å². The lowest BCUT2D eigenvalue weighted by Crippen LogP contribution is -2.30. The highest BCUT2D eigenvalue weighted by Gasteiger charge is 2.35. The zero-order valence-corrected chi connectivity index (χ0v) is 13.7. The molecular formula is C17H19NO3S. The monoisotopic (exact) mass is 317 g/mol. The minimum Gasteiger partial charge on any atom is -0.495 e. The topological polar surface area (TPSA) is 46.6 Å². The molecule has 2 aromatic carbocycles. The van der Waals surface area contributed by atoms with Crippen LogP contribution in [0.3, 0.4) is 0 Å². The number of aryl methyl sites for hydroxylation is 1. The highest BCUT2D eigenvalue weighted by atomic mass is 32.2. The van der Waals surface area contributed by atoms with Crippen LogP contribution < -0.4 is 9.04 Å². The molecule has 1 atom stereocenters. The first kappa shape index (κ1) is 14.9. The van der Waals surface area contributed by atoms with Gasteiger partial charge in [0.15, 0.2) is 0 Å². The maximum Gasteiger partial charge on any atom is 0.268 e. The largest absolute Gasteiger partial charge is 0.495 e. The Bertz CT molecular complexity index is 814. The van der Waals surface area contributed by atoms with E-state index in [1.807, 2.05) is 44.2 Å². The van der Waals surface area contributed by atoms with E-state index in [9.17, 15) is 8.42 Å². The predicted octanol–water partition coefficient (Wildman–Crippen LogP) is 3.32. The third kappa shape index (κ3) is 2.25. The molecule has 22 heavy (non-hydrogen) atoms. The van der Waals surface area contributed by atoms with Crippen molar-refractivity contribution >= 4 is 15.7 Å². The van der Waals surface area contributed by atoms with Gasteiger partial charge in [-0.3, -0.25) is 4.31 Å². The molecule has 0 fully saturated rings. The van der Waals surface area contributed by atoms with Crippen molar-refractivity contribution < 1.29 is 13.2 Å². The van der Waals surface area contributed by atoms with Crippen LogP contribution in [0.5, 0.6) is 5.75 Å². The van der Waals surface area contributed by atoms with Gasteiger partial charge in [-0.25, -0.2) is 8.42 Å². The van der Waals surface area contributed by atoms with Gasteiger partial charge in [0.05, 0.1) is 12.8 Å². The van der Waals surface area contributed by atoms with Gasteiger partial charge in [-0.15, -0.1) is 0 Å². The van der Waals surface area contributed by atoms with E-state index in [0.29, 0.717) is 12.3 Å². The molecule has 1 aliphatic rings. The Hall–Kier alpha value is -2.01. The van der Waals surface area contributed by atoms with E-state index >= 15 is 0 Å². The molecule has 4 nitrogen and oxygen atoms in total. The lowest BCUT2D eigenvalue weighted by atomic mass is 10.0. The van der Waals surface area contributed by atoms with Gasteiger partial charge in [-0.2, -0.15) is 0 Å². The van der Waals surface area contributed by atoms with Crippen LogP contribution in [0.4, 0.5) is 5.69 Å². The molecule has 2 aromatic rings. The summed E-state index contributed by atoms with van der Waals surface area (Å²) in [6.07, 6.45) is 0. The number of hydrogen-bond donors (Lipinski definition) is 0. The number of benzene rings is 2. The van der Waals surface area contributed by atoms with Crippen LogP contribution >= 0.6 is 0 Å². The Morgan fingerprint density at radius 1 is 1.18 bits per heavy atom. The van der Waals surface area contributed by atoms with Crippen molar-refractivity contribution in [3.8, 4) is 5.75 Å². The van der Waals surface area contributed by atoms with E-state index in [0.717, 1.165) is 16.8 Å². The average Bonchev–Trinajstić information content (AvgIpc) is 2.86. The summed E-state index contributed by atoms with van der Waals surface area (Å²) in [4.78, 5) is 0.221. The normalized spacial score (nSPS) is 17.4. The number of ether oxygens (including phenoxy) is 1. The molecule has 0 amide bonds. The number of methoxy groups -OCH3 is 1. The zero-order chi connectivity index (χ0) is 15.9. The molecule has 0 aromatic heterocycles. The van der Waals surface area contributed by atoms with E-state index in [2.05, 4.69) is 0 Å². The molecule has 1 aliphatic heterocycles. The molecule has 5 heteroatoms. The van der Waals surface area contributed by atoms with Crippen molar-refractivity contribution in [1.29, 1.82) is 0 Å². The highest BCUT2D eigenvalue weighted by molar-refractivity contribution is 7.93. The van der Waals surface area contributed by atoms with Gasteiger partial charge in [0.25, 0.3) is 10.0 Å². The van der Waals surface area contributed by atoms with Crippen molar-refractivity contribution in [1.82, 2.24) is 0 Å². The second kappa shape index (κ2) is 5.32. The second-order valence-electron chi connectivity index (χ2n) is 5.65. The van der Waals surface area contributed by atoms with Gasteiger partial charge in [0, 0.05) is 12.5 Å². The molecule has 0 aliphatic carbocycles. The van der Waals surface area contributed by atoms with Crippen molar-refractivity contribution in [2.24, 2.45) is 0 Å². The molecule has 0 saturated carbocycles. The minimum atomic E-state index is -3.64. The fourth-order valence-electron chi connectivity index (χ4n) is 2.91. The summed E-state index contributed by atoms with van der Waals surface area (Å²) in [5.74, 6) is 0.560. The molecule has 0 bridgehead atoms. The van der Waals surface area contributed by atoms with Gasteiger partial charge in [-0.1, -0.05) is 31.2 Å². The third-order valence-electron chi connectivity index (χ3n) is 4.06. The standard InChI is InChI=1S/C17H19NO3S/c1-12-8-9-16(21-3)17(10-12)22(19,20)18-11-13(2)14-6-4-5-7-15(14)18/h4-10,13H,11H2,1-3H3. The SMILES string of the molecule is COc1ccc(C)cc1S(=O)(=O)N1CC(C)c2ccccc21. The molecule has 1 unspecified atom stereocenters. The minimum absolute atomic E-state index is 0.182. The number of para-hydroxylation sites is 1. The first-order chi connectivity index (χ1) is 10.4. The second-order valence-corrected chi connectivity index (χ2v) is 7.48. The quantitative estimate of drug-likeness (QED) is 0.872. The number of fused-ring (bicyclic) bond motifs is 1. The summed E-state index contributed by atoms with van der Waals surface area (Å²) in [6, 6.07) is 12.9. The van der Waals surface area contributed by atoms with Crippen LogP contribution in [-0.4, -0.2) is 22.1 Å². The summed E-state index contributed by atoms with van der Waals surface area (Å²) in [5, 5.41) is 0. The smallest absolute Gasteiger partial charge is 0.268 e. The Kier molecular flexibility index (Phi) is 3.60. The molecule has 0 radical (unpaired) electrons. The maximum atomic E-state index is 13.1. The Balaban J connectivity index is 2.15. The van der Waals surface area contributed by atoms with E-state index in [1.54, 1.807) is 12.1 Å². The van der Waals surface area contributed by atoms with Crippen molar-refractivity contribution in [3.05, 3.63) is 53.6 Å². The van der Waals surface area contributed by atoms with Crippen molar-refractivity contribution in [2.45, 2.75) is 24.7 Å². The first-order valence-corrected chi connectivity index (χ1v) is 8.65. The fraction of sp³-hybridized carbons (Fsp3) is 0.294. The van der Waals surface area contributed by atoms with Crippen molar-refractivity contribution in [2.75, 3.05) is 18.0 Å². The summed E-state index contributed by atoms with van der Waals surface area (Å²) in [6.45, 7) is 4.37. The van der Waals surface area contributed by atoms with E-state index in [1.165, 1.54) is 11.4 Å². The molecule has 0 saturated heterocycles. The molecule has 0 N–H and O–H groups in total. The predicted molar refractivity (Wildman–Crippen MR) is 87.1 cm³/mol. The number of anilines is 1. The maximum absolute atomic E-state index is 13.1. The van der Waals surface area contributed by atoms with Crippen LogP contribution in [0.15, 0.2) is 47.4 Å². The van der Waals surface area contributed by atoms with Gasteiger partial charge < -0.3 is 4.74 Å². The van der Waals surface area contributed by atoms with Gasteiger partial charge in [0.2, 0.25) is 0 Å². The van der Waals surface area contributed by atoms with E-state index in [-0.39, 0.29) is 10.8 Å². The third-order valence-corrected chi connectivity index (χ3v) is 5.86. The van der Waals surface area contributed by atoms with Crippen LogP contribution in [0.2, 0.25) is 0 Å². The van der Waals surface area contributed by atoms with Crippen LogP contribution in [-0.2, 0) is 10.0 Å². The summed E-state index contributed by atoms with van der Waals surface area (Å²) < 4.78 is 33.0. The van der Waals surface area contributed by atoms with E-state index < -0.39 is 10.0 Å². The summed E-state index contributed by atoms with van der Waals surface area (Å²) in [7, 11) is -2.15. The number of hydrogen-bond acceptors (Lipinski definition) is 3. The van der Waals surface area contributed by atoms with Gasteiger partial charge >= 0.3 is 0 Å². The molecule has 1 heterocycles. The first-order valence-electron chi connectivity index (χ1n) is 7.21. The van der Waals surface area contributed by atoms with Crippen LogP contribution in [0.1, 0.15) is 24.0 Å². The van der Waals surface area contributed by atoms with Crippen molar-refractivity contribution in [3.63, 3.8) is 0 Å². The molecule has 0 spiro atoms. The summed E-state index contributed by atoms with van der Waals surface area (Å²) >= 11 is 0. The number of rotatable bonds is 3. The van der Waals surface area contributed by atoms with Gasteiger partial charge in [-0.05, 0) is 36.2 Å². The Morgan fingerprint density at radius 3 is 2.64 bits per heavy atom. The number of nitrogens with zero attached hydrogens (tertiary/aromatic N) is 1.